The largest absolute Gasteiger partial charge is 0.421 e. The van der Waals surface area contributed by atoms with Crippen molar-refractivity contribution in [3.05, 3.63) is 77.4 Å². The molecule has 13 heteroatoms. The van der Waals surface area contributed by atoms with Gasteiger partial charge in [0.15, 0.2) is 5.60 Å². The lowest BCUT2D eigenvalue weighted by Crippen LogP contribution is -2.56. The van der Waals surface area contributed by atoms with Gasteiger partial charge in [-0.2, -0.15) is 17.5 Å². The topological polar surface area (TPSA) is 77.9 Å². The van der Waals surface area contributed by atoms with Gasteiger partial charge >= 0.3 is 6.18 Å². The first kappa shape index (κ1) is 27.7. The zero-order valence-electron chi connectivity index (χ0n) is 19.6. The Balaban J connectivity index is 1.64. The molecule has 0 saturated carbocycles. The summed E-state index contributed by atoms with van der Waals surface area (Å²) < 4.78 is 94.4. The highest BCUT2D eigenvalue weighted by molar-refractivity contribution is 7.91. The molecular weight excluding hydrogens is 552 g/mol. The van der Waals surface area contributed by atoms with Gasteiger partial charge in [-0.25, -0.2) is 12.8 Å². The third-order valence-corrected chi connectivity index (χ3v) is 11.0. The van der Waals surface area contributed by atoms with Crippen LogP contribution in [0.4, 0.5) is 23.2 Å². The van der Waals surface area contributed by atoms with Crippen LogP contribution in [-0.2, 0) is 26.4 Å². The second-order valence-electron chi connectivity index (χ2n) is 8.73. The molecule has 4 rings (SSSR count). The summed E-state index contributed by atoms with van der Waals surface area (Å²) in [6.07, 6.45) is -4.87. The minimum Gasteiger partial charge on any atom is -0.376 e. The van der Waals surface area contributed by atoms with Crippen molar-refractivity contribution in [3.63, 3.8) is 0 Å². The zero-order chi connectivity index (χ0) is 27.0. The quantitative estimate of drug-likeness (QED) is 0.424. The molecule has 1 fully saturated rings. The van der Waals surface area contributed by atoms with Crippen LogP contribution < -0.4 is 4.90 Å². The van der Waals surface area contributed by atoms with Gasteiger partial charge in [-0.15, -0.1) is 11.3 Å². The molecule has 0 spiro atoms. The Labute approximate surface area is 218 Å². The molecule has 37 heavy (non-hydrogen) atoms. The van der Waals surface area contributed by atoms with E-state index in [0.29, 0.717) is 12.6 Å². The lowest BCUT2D eigenvalue weighted by Gasteiger charge is -2.42. The molecule has 1 aliphatic rings. The van der Waals surface area contributed by atoms with Crippen LogP contribution in [0.3, 0.4) is 0 Å². The van der Waals surface area contributed by atoms with Crippen LogP contribution in [-0.4, -0.2) is 59.6 Å². The molecule has 1 saturated heterocycles. The number of anilines is 1. The average molecular weight is 577 g/mol. The number of thiophene rings is 1. The summed E-state index contributed by atoms with van der Waals surface area (Å²) in [7, 11) is -5.48. The molecule has 0 amide bonds. The van der Waals surface area contributed by atoms with Crippen molar-refractivity contribution in [1.29, 1.82) is 0 Å². The van der Waals surface area contributed by atoms with E-state index >= 15 is 0 Å². The molecule has 0 aliphatic carbocycles. The molecule has 1 N–H and O–H groups in total. The average Bonchev–Trinajstić information content (AvgIpc) is 3.39. The van der Waals surface area contributed by atoms with E-state index in [9.17, 15) is 35.3 Å². The number of piperazine rings is 1. The Hall–Kier alpha value is -2.32. The standard InChI is InChI=1S/C24H24F4N2O4S3/c1-23(31,24(26,27)28)17-7-9-19(10-8-17)30-12-11-29(37(33,34)22-6-3-13-35-22)15-20(30)16-36(32)21-5-2-4-18(25)14-21/h2-10,13-14,20,31H,11-12,15-16H2,1H3/t20-,23+,36?/m1/s1. The first-order chi connectivity index (χ1) is 17.3. The van der Waals surface area contributed by atoms with E-state index in [1.54, 1.807) is 16.3 Å². The van der Waals surface area contributed by atoms with Crippen molar-refractivity contribution in [2.24, 2.45) is 0 Å². The molecular formula is C24H24F4N2O4S3. The van der Waals surface area contributed by atoms with Crippen LogP contribution in [0.2, 0.25) is 0 Å². The fourth-order valence-electron chi connectivity index (χ4n) is 4.09. The Morgan fingerprint density at radius 1 is 1.08 bits per heavy atom. The number of aliphatic hydroxyl groups is 1. The van der Waals surface area contributed by atoms with Gasteiger partial charge in [0.1, 0.15) is 10.0 Å². The predicted molar refractivity (Wildman–Crippen MR) is 134 cm³/mol. The molecule has 6 nitrogen and oxygen atoms in total. The van der Waals surface area contributed by atoms with E-state index in [2.05, 4.69) is 0 Å². The first-order valence-electron chi connectivity index (χ1n) is 11.1. The summed E-state index contributed by atoms with van der Waals surface area (Å²) in [5, 5.41) is 11.6. The number of nitrogens with zero attached hydrogens (tertiary/aromatic N) is 2. The van der Waals surface area contributed by atoms with Crippen LogP contribution in [0.5, 0.6) is 0 Å². The SMILES string of the molecule is C[C@](O)(c1ccc(N2CCN(S(=O)(=O)c3cccs3)C[C@@H]2CS(=O)c2cccc(F)c2)cc1)C(F)(F)F. The second kappa shape index (κ2) is 10.4. The molecule has 200 valence electrons. The maximum absolute atomic E-state index is 13.7. The van der Waals surface area contributed by atoms with Crippen molar-refractivity contribution in [2.45, 2.75) is 33.8 Å². The number of hydrogen-bond donors (Lipinski definition) is 1. The molecule has 0 bridgehead atoms. The number of sulfonamides is 1. The highest BCUT2D eigenvalue weighted by Gasteiger charge is 2.51. The van der Waals surface area contributed by atoms with Crippen LogP contribution in [0.25, 0.3) is 0 Å². The van der Waals surface area contributed by atoms with Gasteiger partial charge in [-0.3, -0.25) is 4.21 Å². The van der Waals surface area contributed by atoms with E-state index in [-0.39, 0.29) is 40.1 Å². The summed E-state index contributed by atoms with van der Waals surface area (Å²) >= 11 is 1.08. The summed E-state index contributed by atoms with van der Waals surface area (Å²) in [4.78, 5) is 2.03. The van der Waals surface area contributed by atoms with Crippen molar-refractivity contribution in [2.75, 3.05) is 30.3 Å². The minimum absolute atomic E-state index is 0.0245. The van der Waals surface area contributed by atoms with Gasteiger partial charge in [0.05, 0.1) is 16.8 Å². The molecule has 1 aliphatic heterocycles. The van der Waals surface area contributed by atoms with Crippen LogP contribution in [0, 0.1) is 5.82 Å². The zero-order valence-corrected chi connectivity index (χ0v) is 22.0. The van der Waals surface area contributed by atoms with Crippen LogP contribution >= 0.6 is 11.3 Å². The Morgan fingerprint density at radius 3 is 2.38 bits per heavy atom. The summed E-state index contributed by atoms with van der Waals surface area (Å²) in [5.74, 6) is -0.595. The summed E-state index contributed by atoms with van der Waals surface area (Å²) in [6, 6.07) is 13.0. The monoisotopic (exact) mass is 576 g/mol. The Bertz CT molecular complexity index is 1360. The molecule has 0 radical (unpaired) electrons. The number of rotatable bonds is 7. The van der Waals surface area contributed by atoms with Crippen molar-refractivity contribution in [1.82, 2.24) is 4.31 Å². The fraction of sp³-hybridized carbons (Fsp3) is 0.333. The molecule has 2 heterocycles. The lowest BCUT2D eigenvalue weighted by atomic mass is 9.95. The van der Waals surface area contributed by atoms with Gasteiger partial charge in [0.25, 0.3) is 10.0 Å². The van der Waals surface area contributed by atoms with Crippen molar-refractivity contribution >= 4 is 37.8 Å². The number of hydrogen-bond acceptors (Lipinski definition) is 6. The Morgan fingerprint density at radius 2 is 1.78 bits per heavy atom. The van der Waals surface area contributed by atoms with Gasteiger partial charge in [-0.1, -0.05) is 24.3 Å². The highest BCUT2D eigenvalue weighted by atomic mass is 32.2. The summed E-state index contributed by atoms with van der Waals surface area (Å²) in [5.41, 5.74) is -2.91. The maximum atomic E-state index is 13.7. The van der Waals surface area contributed by atoms with E-state index in [1.807, 2.05) is 0 Å². The normalized spacial score (nSPS) is 19.9. The van der Waals surface area contributed by atoms with Gasteiger partial charge in [-0.05, 0) is 54.3 Å². The summed E-state index contributed by atoms with van der Waals surface area (Å²) in [6.45, 7) is 0.931. The van der Waals surface area contributed by atoms with Crippen molar-refractivity contribution < 1.29 is 35.3 Å². The molecule has 1 unspecified atom stereocenters. The predicted octanol–water partition coefficient (Wildman–Crippen LogP) is 4.34. The third kappa shape index (κ3) is 5.75. The van der Waals surface area contributed by atoms with E-state index in [1.165, 1.54) is 40.7 Å². The molecule has 2 aromatic carbocycles. The second-order valence-corrected chi connectivity index (χ2v) is 13.3. The van der Waals surface area contributed by atoms with Gasteiger partial charge in [0, 0.05) is 36.0 Å². The van der Waals surface area contributed by atoms with E-state index in [0.717, 1.165) is 29.5 Å². The van der Waals surface area contributed by atoms with Gasteiger partial charge < -0.3 is 10.0 Å². The van der Waals surface area contributed by atoms with Gasteiger partial charge in [0.2, 0.25) is 0 Å². The highest BCUT2D eigenvalue weighted by Crippen LogP contribution is 2.39. The lowest BCUT2D eigenvalue weighted by molar-refractivity contribution is -0.258. The first-order valence-corrected chi connectivity index (χ1v) is 14.8. The molecule has 1 aromatic heterocycles. The minimum atomic E-state index is -4.87. The number of alkyl halides is 3. The van der Waals surface area contributed by atoms with Crippen LogP contribution in [0.1, 0.15) is 12.5 Å². The fourth-order valence-corrected chi connectivity index (χ4v) is 8.00. The number of benzene rings is 2. The third-order valence-electron chi connectivity index (χ3n) is 6.25. The Kier molecular flexibility index (Phi) is 7.82. The molecule has 3 aromatic rings. The maximum Gasteiger partial charge on any atom is 0.421 e. The number of halogens is 4. The molecule has 3 atom stereocenters. The van der Waals surface area contributed by atoms with Crippen molar-refractivity contribution in [3.8, 4) is 0 Å². The van der Waals surface area contributed by atoms with E-state index < -0.39 is 44.5 Å². The van der Waals surface area contributed by atoms with Crippen LogP contribution in [0.15, 0.2) is 75.1 Å². The van der Waals surface area contributed by atoms with E-state index in [4.69, 9.17) is 0 Å². The smallest absolute Gasteiger partial charge is 0.376 e.